The molecule has 90 valence electrons. The Labute approximate surface area is 115 Å². The maximum absolute atomic E-state index is 5.89. The highest BCUT2D eigenvalue weighted by molar-refractivity contribution is 9.10. The monoisotopic (exact) mass is 300 g/mol. The van der Waals surface area contributed by atoms with E-state index in [2.05, 4.69) is 54.0 Å². The molecule has 0 aliphatic carbocycles. The van der Waals surface area contributed by atoms with Gasteiger partial charge in [-0.1, -0.05) is 34.1 Å². The first kappa shape index (κ1) is 11.5. The molecule has 0 radical (unpaired) electrons. The highest BCUT2D eigenvalue weighted by Crippen LogP contribution is 2.32. The maximum atomic E-state index is 5.89. The zero-order chi connectivity index (χ0) is 12.7. The molecule has 0 amide bonds. The van der Waals surface area contributed by atoms with Gasteiger partial charge in [0, 0.05) is 15.4 Å². The Morgan fingerprint density at radius 1 is 0.944 bits per heavy atom. The van der Waals surface area contributed by atoms with Gasteiger partial charge in [0.2, 0.25) is 0 Å². The van der Waals surface area contributed by atoms with Crippen molar-refractivity contribution in [1.82, 2.24) is 0 Å². The minimum absolute atomic E-state index is 0.926. The Kier molecular flexibility index (Phi) is 2.75. The van der Waals surface area contributed by atoms with Gasteiger partial charge in [-0.15, -0.1) is 0 Å². The van der Waals surface area contributed by atoms with Gasteiger partial charge >= 0.3 is 0 Å². The second-order valence-electron chi connectivity index (χ2n) is 4.57. The van der Waals surface area contributed by atoms with Crippen LogP contribution in [-0.2, 0) is 0 Å². The lowest BCUT2D eigenvalue weighted by molar-refractivity contribution is 0.631. The lowest BCUT2D eigenvalue weighted by Crippen LogP contribution is -1.84. The number of hydrogen-bond acceptors (Lipinski definition) is 1. The molecule has 1 nitrogen and oxygen atoms in total. The minimum Gasteiger partial charge on any atom is -0.456 e. The number of para-hydroxylation sites is 1. The molecule has 0 atom stereocenters. The number of hydrogen-bond donors (Lipinski definition) is 0. The van der Waals surface area contributed by atoms with Crippen LogP contribution in [0.5, 0.6) is 0 Å². The van der Waals surface area contributed by atoms with Crippen molar-refractivity contribution in [2.75, 3.05) is 0 Å². The molecule has 0 unspecified atom stereocenters. The summed E-state index contributed by atoms with van der Waals surface area (Å²) in [5.74, 6) is 0.926. The first-order valence-corrected chi connectivity index (χ1v) is 6.70. The highest BCUT2D eigenvalue weighted by atomic mass is 79.9. The van der Waals surface area contributed by atoms with Crippen LogP contribution in [0.15, 0.2) is 51.4 Å². The first-order valence-electron chi connectivity index (χ1n) is 5.91. The standard InChI is InChI=1S/C16H13BrO/c1-10-7-13(8-11(2)16(10)17)15-9-12-5-3-4-6-14(12)18-15/h3-9H,1-2H3. The van der Waals surface area contributed by atoms with Crippen molar-refractivity contribution in [2.45, 2.75) is 13.8 Å². The van der Waals surface area contributed by atoms with Crippen LogP contribution in [0.4, 0.5) is 0 Å². The molecule has 0 saturated heterocycles. The van der Waals surface area contributed by atoms with Gasteiger partial charge in [-0.3, -0.25) is 0 Å². The highest BCUT2D eigenvalue weighted by Gasteiger charge is 2.08. The van der Waals surface area contributed by atoms with Gasteiger partial charge in [-0.05, 0) is 49.2 Å². The Bertz CT molecular complexity index is 669. The van der Waals surface area contributed by atoms with Gasteiger partial charge in [0.25, 0.3) is 0 Å². The Morgan fingerprint density at radius 2 is 1.61 bits per heavy atom. The topological polar surface area (TPSA) is 13.1 Å². The second-order valence-corrected chi connectivity index (χ2v) is 5.37. The molecule has 1 heterocycles. The molecule has 2 heteroatoms. The van der Waals surface area contributed by atoms with Crippen LogP contribution >= 0.6 is 15.9 Å². The van der Waals surface area contributed by atoms with E-state index < -0.39 is 0 Å². The second kappa shape index (κ2) is 4.29. The number of rotatable bonds is 1. The fraction of sp³-hybridized carbons (Fsp3) is 0.125. The number of aryl methyl sites for hydroxylation is 2. The van der Waals surface area contributed by atoms with Crippen LogP contribution in [0.1, 0.15) is 11.1 Å². The lowest BCUT2D eigenvalue weighted by Gasteiger charge is -2.05. The molecular formula is C16H13BrO. The van der Waals surface area contributed by atoms with Crippen molar-refractivity contribution in [3.63, 3.8) is 0 Å². The molecule has 3 rings (SSSR count). The van der Waals surface area contributed by atoms with Gasteiger partial charge < -0.3 is 4.42 Å². The van der Waals surface area contributed by atoms with E-state index in [0.29, 0.717) is 0 Å². The molecule has 0 N–H and O–H groups in total. The van der Waals surface area contributed by atoms with Crippen molar-refractivity contribution in [3.05, 3.63) is 58.1 Å². The zero-order valence-corrected chi connectivity index (χ0v) is 11.9. The van der Waals surface area contributed by atoms with Gasteiger partial charge in [0.1, 0.15) is 11.3 Å². The smallest absolute Gasteiger partial charge is 0.135 e. The largest absolute Gasteiger partial charge is 0.456 e. The van der Waals surface area contributed by atoms with Gasteiger partial charge in [-0.2, -0.15) is 0 Å². The Hall–Kier alpha value is -1.54. The summed E-state index contributed by atoms with van der Waals surface area (Å²) in [6, 6.07) is 14.5. The molecule has 2 aromatic carbocycles. The van der Waals surface area contributed by atoms with Crippen molar-refractivity contribution < 1.29 is 4.42 Å². The van der Waals surface area contributed by atoms with Crippen molar-refractivity contribution in [1.29, 1.82) is 0 Å². The fourth-order valence-corrected chi connectivity index (χ4v) is 2.44. The summed E-state index contributed by atoms with van der Waals surface area (Å²) in [4.78, 5) is 0. The molecular weight excluding hydrogens is 288 g/mol. The average molecular weight is 301 g/mol. The summed E-state index contributed by atoms with van der Waals surface area (Å²) in [6.07, 6.45) is 0. The summed E-state index contributed by atoms with van der Waals surface area (Å²) >= 11 is 3.59. The predicted molar refractivity (Wildman–Crippen MR) is 78.8 cm³/mol. The van der Waals surface area contributed by atoms with E-state index in [9.17, 15) is 0 Å². The summed E-state index contributed by atoms with van der Waals surface area (Å²) in [5.41, 5.74) is 4.52. The number of furan rings is 1. The third-order valence-electron chi connectivity index (χ3n) is 3.15. The summed E-state index contributed by atoms with van der Waals surface area (Å²) < 4.78 is 7.06. The number of halogens is 1. The minimum atomic E-state index is 0.926. The molecule has 0 spiro atoms. The summed E-state index contributed by atoms with van der Waals surface area (Å²) in [5, 5.41) is 1.14. The van der Waals surface area contributed by atoms with Crippen molar-refractivity contribution in [3.8, 4) is 11.3 Å². The molecule has 0 bridgehead atoms. The third kappa shape index (κ3) is 1.87. The maximum Gasteiger partial charge on any atom is 0.135 e. The van der Waals surface area contributed by atoms with Gasteiger partial charge in [-0.25, -0.2) is 0 Å². The van der Waals surface area contributed by atoms with E-state index >= 15 is 0 Å². The summed E-state index contributed by atoms with van der Waals surface area (Å²) in [6.45, 7) is 4.20. The number of fused-ring (bicyclic) bond motifs is 1. The van der Waals surface area contributed by atoms with E-state index in [1.54, 1.807) is 0 Å². The van der Waals surface area contributed by atoms with E-state index in [1.165, 1.54) is 15.6 Å². The van der Waals surface area contributed by atoms with E-state index in [1.807, 2.05) is 18.2 Å². The van der Waals surface area contributed by atoms with Crippen LogP contribution in [-0.4, -0.2) is 0 Å². The van der Waals surface area contributed by atoms with E-state index in [-0.39, 0.29) is 0 Å². The lowest BCUT2D eigenvalue weighted by atomic mass is 10.1. The fourth-order valence-electron chi connectivity index (χ4n) is 2.21. The van der Waals surface area contributed by atoms with Crippen molar-refractivity contribution >= 4 is 26.9 Å². The van der Waals surface area contributed by atoms with Gasteiger partial charge in [0.15, 0.2) is 0 Å². The van der Waals surface area contributed by atoms with E-state index in [0.717, 1.165) is 22.3 Å². The average Bonchev–Trinajstić information content (AvgIpc) is 2.79. The third-order valence-corrected chi connectivity index (χ3v) is 4.40. The normalized spacial score (nSPS) is 11.1. The molecule has 0 aliphatic heterocycles. The molecule has 1 aromatic heterocycles. The molecule has 0 aliphatic rings. The Morgan fingerprint density at radius 3 is 2.28 bits per heavy atom. The predicted octanol–water partition coefficient (Wildman–Crippen LogP) is 5.48. The first-order chi connectivity index (χ1) is 8.65. The van der Waals surface area contributed by atoms with Crippen LogP contribution in [0, 0.1) is 13.8 Å². The van der Waals surface area contributed by atoms with Crippen LogP contribution in [0.2, 0.25) is 0 Å². The number of benzene rings is 2. The quantitative estimate of drug-likeness (QED) is 0.580. The van der Waals surface area contributed by atoms with E-state index in [4.69, 9.17) is 4.42 Å². The van der Waals surface area contributed by atoms with Gasteiger partial charge in [0.05, 0.1) is 0 Å². The summed E-state index contributed by atoms with van der Waals surface area (Å²) in [7, 11) is 0. The van der Waals surface area contributed by atoms with Crippen LogP contribution in [0.25, 0.3) is 22.3 Å². The molecule has 0 fully saturated rings. The van der Waals surface area contributed by atoms with Crippen LogP contribution in [0.3, 0.4) is 0 Å². The molecule has 0 saturated carbocycles. The SMILES string of the molecule is Cc1cc(-c2cc3ccccc3o2)cc(C)c1Br. The Balaban J connectivity index is 2.20. The molecule has 3 aromatic rings. The molecule has 18 heavy (non-hydrogen) atoms. The zero-order valence-electron chi connectivity index (χ0n) is 10.3. The van der Waals surface area contributed by atoms with Crippen molar-refractivity contribution in [2.24, 2.45) is 0 Å². The van der Waals surface area contributed by atoms with Crippen LogP contribution < -0.4 is 0 Å².